The lowest BCUT2D eigenvalue weighted by Gasteiger charge is -2.42. The number of alkyl halides is 1. The fourth-order valence-electron chi connectivity index (χ4n) is 6.49. The lowest BCUT2D eigenvalue weighted by molar-refractivity contribution is -0.141. The average molecular weight is 730 g/mol. The highest BCUT2D eigenvalue weighted by Crippen LogP contribution is 2.42. The lowest BCUT2D eigenvalue weighted by Crippen LogP contribution is -2.47. The van der Waals surface area contributed by atoms with Crippen LogP contribution in [0.25, 0.3) is 11.1 Å². The summed E-state index contributed by atoms with van der Waals surface area (Å²) in [5, 5.41) is 15.4. The molecule has 278 valence electrons. The largest absolute Gasteiger partial charge is 0.480 e. The highest BCUT2D eigenvalue weighted by atomic mass is 32.2. The maximum absolute atomic E-state index is 15.1. The molecule has 13 heteroatoms. The molecule has 51 heavy (non-hydrogen) atoms. The van der Waals surface area contributed by atoms with Crippen molar-refractivity contribution in [3.8, 4) is 11.1 Å². The standard InChI is InChI=1S/C38H50F3N5O4S/c1-38(2,3)36(33-16-26(29-17-28(39)13-14-30(29)40)21-45(33)20-25-10-6-4-7-11-25)46(22-27-18-43-19-31(27)41)35(48)24-51-23-32(37(49)50)44-34(47)12-8-5-9-15-42/h4,6-7,10-11,13-14,16-17,21,27,31-32,36,43H,5,8-9,12,15,18-20,22-24,42H2,1-3H3,(H,44,47)(H,49,50)/t27-,31-,32-,36-/m0/s1. The number of nitrogens with one attached hydrogen (secondary N) is 2. The Hall–Kier alpha value is -3.81. The van der Waals surface area contributed by atoms with Gasteiger partial charge < -0.3 is 30.9 Å². The molecule has 1 aliphatic heterocycles. The molecule has 4 rings (SSSR count). The number of nitrogens with zero attached hydrogens (tertiary/aromatic N) is 2. The summed E-state index contributed by atoms with van der Waals surface area (Å²) in [6.45, 7) is 7.42. The molecular formula is C38H50F3N5O4S. The second-order valence-corrected chi connectivity index (χ2v) is 15.2. The van der Waals surface area contributed by atoms with Crippen LogP contribution in [0, 0.1) is 23.0 Å². The molecule has 1 aromatic heterocycles. The zero-order chi connectivity index (χ0) is 37.1. The SMILES string of the molecule is CC(C)(C)[C@H](c1cc(-c2cc(F)ccc2F)cn1Cc1ccccc1)N(C[C@@H]1CNC[C@@H]1F)C(=O)CSC[C@H](NC(=O)CCCCCN)C(=O)O. The molecule has 0 aliphatic carbocycles. The van der Waals surface area contributed by atoms with Gasteiger partial charge in [-0.3, -0.25) is 9.59 Å². The van der Waals surface area contributed by atoms with Gasteiger partial charge in [-0.1, -0.05) is 57.5 Å². The molecule has 0 unspecified atom stereocenters. The van der Waals surface area contributed by atoms with Crippen LogP contribution >= 0.6 is 11.8 Å². The number of amides is 2. The van der Waals surface area contributed by atoms with E-state index in [4.69, 9.17) is 5.73 Å². The van der Waals surface area contributed by atoms with Crippen LogP contribution in [0.15, 0.2) is 60.8 Å². The molecule has 1 fully saturated rings. The molecule has 0 spiro atoms. The summed E-state index contributed by atoms with van der Waals surface area (Å²) in [7, 11) is 0. The molecule has 2 heterocycles. The van der Waals surface area contributed by atoms with Gasteiger partial charge in [0.15, 0.2) is 0 Å². The van der Waals surface area contributed by atoms with Gasteiger partial charge in [0.05, 0.1) is 11.8 Å². The normalized spacial score (nSPS) is 17.2. The van der Waals surface area contributed by atoms with Crippen LogP contribution in [0.2, 0.25) is 0 Å². The number of thioether (sulfide) groups is 1. The van der Waals surface area contributed by atoms with E-state index in [1.165, 1.54) is 0 Å². The number of hydrogen-bond acceptors (Lipinski definition) is 6. The van der Waals surface area contributed by atoms with Crippen LogP contribution in [-0.2, 0) is 20.9 Å². The topological polar surface area (TPSA) is 130 Å². The number of carbonyl (C=O) groups excluding carboxylic acids is 2. The molecule has 2 amide bonds. The van der Waals surface area contributed by atoms with Crippen molar-refractivity contribution in [2.75, 3.05) is 37.7 Å². The predicted octanol–water partition coefficient (Wildman–Crippen LogP) is 5.78. The van der Waals surface area contributed by atoms with E-state index < -0.39 is 47.2 Å². The fraction of sp³-hybridized carbons (Fsp3) is 0.500. The Morgan fingerprint density at radius 1 is 1.08 bits per heavy atom. The smallest absolute Gasteiger partial charge is 0.327 e. The van der Waals surface area contributed by atoms with Gasteiger partial charge >= 0.3 is 5.97 Å². The molecule has 5 N–H and O–H groups in total. The maximum atomic E-state index is 15.1. The zero-order valence-electron chi connectivity index (χ0n) is 29.5. The molecule has 1 aliphatic rings. The van der Waals surface area contributed by atoms with Crippen molar-refractivity contribution in [2.24, 2.45) is 17.1 Å². The monoisotopic (exact) mass is 729 g/mol. The predicted molar refractivity (Wildman–Crippen MR) is 195 cm³/mol. The number of benzene rings is 2. The van der Waals surface area contributed by atoms with Gasteiger partial charge in [0.2, 0.25) is 11.8 Å². The van der Waals surface area contributed by atoms with E-state index in [-0.39, 0.29) is 48.4 Å². The van der Waals surface area contributed by atoms with Gasteiger partial charge in [-0.05, 0) is 54.6 Å². The van der Waals surface area contributed by atoms with E-state index in [1.807, 2.05) is 55.7 Å². The van der Waals surface area contributed by atoms with Crippen molar-refractivity contribution in [2.45, 2.75) is 71.3 Å². The highest BCUT2D eigenvalue weighted by molar-refractivity contribution is 8.00. The van der Waals surface area contributed by atoms with Gasteiger partial charge in [-0.2, -0.15) is 0 Å². The van der Waals surface area contributed by atoms with E-state index in [0.717, 1.165) is 48.4 Å². The molecule has 0 saturated carbocycles. The summed E-state index contributed by atoms with van der Waals surface area (Å²) >= 11 is 1.08. The van der Waals surface area contributed by atoms with Crippen molar-refractivity contribution in [1.82, 2.24) is 20.1 Å². The van der Waals surface area contributed by atoms with E-state index in [0.29, 0.717) is 37.3 Å². The zero-order valence-corrected chi connectivity index (χ0v) is 30.4. The molecule has 2 aromatic carbocycles. The molecule has 3 aromatic rings. The Bertz CT molecular complexity index is 1620. The first-order valence-corrected chi connectivity index (χ1v) is 18.6. The number of aromatic nitrogens is 1. The number of rotatable bonds is 18. The number of halogens is 3. The van der Waals surface area contributed by atoms with Crippen molar-refractivity contribution < 1.29 is 32.7 Å². The number of nitrogens with two attached hydrogens (primary N) is 1. The summed E-state index contributed by atoms with van der Waals surface area (Å²) < 4.78 is 46.6. The molecule has 4 atom stereocenters. The van der Waals surface area contributed by atoms with Crippen LogP contribution in [0.5, 0.6) is 0 Å². The number of aliphatic carboxylic acids is 1. The van der Waals surface area contributed by atoms with Gasteiger partial charge in [-0.25, -0.2) is 18.0 Å². The highest BCUT2D eigenvalue weighted by Gasteiger charge is 2.40. The van der Waals surface area contributed by atoms with E-state index in [2.05, 4.69) is 10.6 Å². The molecular weight excluding hydrogens is 680 g/mol. The fourth-order valence-corrected chi connectivity index (χ4v) is 7.41. The Morgan fingerprint density at radius 3 is 2.47 bits per heavy atom. The number of unbranched alkanes of at least 4 members (excludes halogenated alkanes) is 2. The average Bonchev–Trinajstić information content (AvgIpc) is 3.68. The quantitative estimate of drug-likeness (QED) is 0.122. The van der Waals surface area contributed by atoms with Crippen LogP contribution in [0.4, 0.5) is 13.2 Å². The number of hydrogen-bond donors (Lipinski definition) is 4. The maximum Gasteiger partial charge on any atom is 0.327 e. The number of carboxylic acids is 1. The Morgan fingerprint density at radius 2 is 1.82 bits per heavy atom. The third kappa shape index (κ3) is 11.3. The Balaban J connectivity index is 1.67. The minimum Gasteiger partial charge on any atom is -0.480 e. The number of carboxylic acid groups (broad SMARTS) is 1. The van der Waals surface area contributed by atoms with E-state index in [1.54, 1.807) is 17.2 Å². The number of carbonyl (C=O) groups is 3. The summed E-state index contributed by atoms with van der Waals surface area (Å²) in [6.07, 6.45) is 2.88. The molecule has 0 bridgehead atoms. The summed E-state index contributed by atoms with van der Waals surface area (Å²) in [6, 6.07) is 12.8. The molecule has 0 radical (unpaired) electrons. The second-order valence-electron chi connectivity index (χ2n) is 14.2. The summed E-state index contributed by atoms with van der Waals surface area (Å²) in [5.41, 5.74) is 7.01. The lowest BCUT2D eigenvalue weighted by atomic mass is 9.82. The summed E-state index contributed by atoms with van der Waals surface area (Å²) in [4.78, 5) is 40.4. The van der Waals surface area contributed by atoms with Crippen molar-refractivity contribution in [3.63, 3.8) is 0 Å². The first-order valence-electron chi connectivity index (χ1n) is 17.4. The van der Waals surface area contributed by atoms with Gasteiger partial charge in [0.1, 0.15) is 23.8 Å². The van der Waals surface area contributed by atoms with Gasteiger partial charge in [0, 0.05) is 67.3 Å². The van der Waals surface area contributed by atoms with Gasteiger partial charge in [-0.15, -0.1) is 11.8 Å². The Kier molecular flexibility index (Phi) is 14.6. The van der Waals surface area contributed by atoms with Crippen LogP contribution in [-0.4, -0.2) is 82.3 Å². The van der Waals surface area contributed by atoms with Crippen molar-refractivity contribution in [1.29, 1.82) is 0 Å². The van der Waals surface area contributed by atoms with Crippen LogP contribution in [0.1, 0.15) is 63.8 Å². The van der Waals surface area contributed by atoms with E-state index in [9.17, 15) is 23.9 Å². The first-order chi connectivity index (χ1) is 24.3. The minimum atomic E-state index is -1.21. The van der Waals surface area contributed by atoms with Gasteiger partial charge in [0.25, 0.3) is 0 Å². The minimum absolute atomic E-state index is 0.0479. The van der Waals surface area contributed by atoms with Crippen LogP contribution < -0.4 is 16.4 Å². The third-order valence-corrected chi connectivity index (χ3v) is 10.1. The first kappa shape index (κ1) is 40.0. The summed E-state index contributed by atoms with van der Waals surface area (Å²) in [5.74, 6) is -3.76. The van der Waals surface area contributed by atoms with Crippen LogP contribution in [0.3, 0.4) is 0 Å². The van der Waals surface area contributed by atoms with E-state index >= 15 is 8.78 Å². The second kappa shape index (κ2) is 18.6. The molecule has 1 saturated heterocycles. The van der Waals surface area contributed by atoms with Crippen molar-refractivity contribution >= 4 is 29.5 Å². The van der Waals surface area contributed by atoms with Crippen molar-refractivity contribution in [3.05, 3.63) is 83.7 Å². The molecule has 9 nitrogen and oxygen atoms in total. The third-order valence-electron chi connectivity index (χ3n) is 9.04. The Labute approximate surface area is 302 Å².